The Balaban J connectivity index is 2.16. The Kier molecular flexibility index (Phi) is 3.63. The van der Waals surface area contributed by atoms with Gasteiger partial charge in [0.15, 0.2) is 0 Å². The number of nitrogens with one attached hydrogen (secondary N) is 1. The summed E-state index contributed by atoms with van der Waals surface area (Å²) in [7, 11) is 0. The summed E-state index contributed by atoms with van der Waals surface area (Å²) in [4.78, 5) is 17.9. The fourth-order valence-corrected chi connectivity index (χ4v) is 1.93. The van der Waals surface area contributed by atoms with Crippen molar-refractivity contribution in [2.24, 2.45) is 5.92 Å². The number of nitrogens with zero attached hydrogens (tertiary/aromatic N) is 3. The van der Waals surface area contributed by atoms with Gasteiger partial charge in [-0.25, -0.2) is 4.98 Å². The first-order chi connectivity index (χ1) is 8.49. The van der Waals surface area contributed by atoms with Crippen LogP contribution in [0.4, 0.5) is 11.5 Å². The number of anilines is 1. The lowest BCUT2D eigenvalue weighted by molar-refractivity contribution is -0.385. The zero-order chi connectivity index (χ0) is 13.3. The third-order valence-corrected chi connectivity index (χ3v) is 3.03. The van der Waals surface area contributed by atoms with Gasteiger partial charge >= 0.3 is 5.69 Å². The van der Waals surface area contributed by atoms with E-state index in [-0.39, 0.29) is 34.9 Å². The van der Waals surface area contributed by atoms with E-state index in [0.717, 1.165) is 12.8 Å². The van der Waals surface area contributed by atoms with Gasteiger partial charge in [0, 0.05) is 6.54 Å². The van der Waals surface area contributed by atoms with Crippen LogP contribution in [-0.4, -0.2) is 32.6 Å². The second kappa shape index (κ2) is 5.03. The minimum absolute atomic E-state index is 0.0530. The maximum absolute atomic E-state index is 10.9. The summed E-state index contributed by atoms with van der Waals surface area (Å²) in [5, 5.41) is 23.4. The highest BCUT2D eigenvalue weighted by atomic mass is 35.5. The van der Waals surface area contributed by atoms with Crippen LogP contribution in [0.2, 0.25) is 5.28 Å². The average Bonchev–Trinajstić information content (AvgIpc) is 3.07. The van der Waals surface area contributed by atoms with Gasteiger partial charge < -0.3 is 10.4 Å². The van der Waals surface area contributed by atoms with Crippen molar-refractivity contribution < 1.29 is 10.0 Å². The number of hydrogen-bond donors (Lipinski definition) is 2. The van der Waals surface area contributed by atoms with Crippen molar-refractivity contribution in [3.63, 3.8) is 0 Å². The Morgan fingerprint density at radius 1 is 1.61 bits per heavy atom. The highest BCUT2D eigenvalue weighted by Crippen LogP contribution is 2.33. The molecule has 1 aliphatic carbocycles. The van der Waals surface area contributed by atoms with Crippen LogP contribution in [0.25, 0.3) is 0 Å². The lowest BCUT2D eigenvalue weighted by Crippen LogP contribution is -2.22. The highest BCUT2D eigenvalue weighted by Gasteiger charge is 2.30. The maximum atomic E-state index is 10.9. The van der Waals surface area contributed by atoms with Crippen LogP contribution in [0.5, 0.6) is 0 Å². The first-order valence-electron chi connectivity index (χ1n) is 5.59. The predicted molar refractivity (Wildman–Crippen MR) is 65.7 cm³/mol. The number of hydrogen-bond acceptors (Lipinski definition) is 6. The topological polar surface area (TPSA) is 101 Å². The SMILES string of the molecule is Cc1nc(Cl)nc(NCC(O)C2CC2)c1[N+](=O)[O-]. The second-order valence-corrected chi connectivity index (χ2v) is 4.66. The lowest BCUT2D eigenvalue weighted by Gasteiger charge is -2.11. The number of rotatable bonds is 5. The fourth-order valence-electron chi connectivity index (χ4n) is 1.72. The molecule has 18 heavy (non-hydrogen) atoms. The number of aryl methyl sites for hydroxylation is 1. The van der Waals surface area contributed by atoms with Gasteiger partial charge in [-0.1, -0.05) is 0 Å². The predicted octanol–water partition coefficient (Wildman–Crippen LogP) is 1.53. The number of halogens is 1. The fraction of sp³-hybridized carbons (Fsp3) is 0.600. The van der Waals surface area contributed by atoms with E-state index in [1.807, 2.05) is 0 Å². The van der Waals surface area contributed by atoms with E-state index >= 15 is 0 Å². The molecule has 0 saturated heterocycles. The normalized spacial score (nSPS) is 16.4. The Morgan fingerprint density at radius 2 is 2.28 bits per heavy atom. The smallest absolute Gasteiger partial charge is 0.332 e. The molecular formula is C10H13ClN4O3. The first-order valence-corrected chi connectivity index (χ1v) is 5.97. The third kappa shape index (κ3) is 2.85. The molecule has 1 heterocycles. The van der Waals surface area contributed by atoms with Gasteiger partial charge in [0.05, 0.1) is 11.0 Å². The van der Waals surface area contributed by atoms with E-state index in [9.17, 15) is 15.2 Å². The van der Waals surface area contributed by atoms with Crippen LogP contribution in [-0.2, 0) is 0 Å². The molecule has 0 bridgehead atoms. The van der Waals surface area contributed by atoms with Gasteiger partial charge in [0.2, 0.25) is 11.1 Å². The van der Waals surface area contributed by atoms with E-state index in [1.165, 1.54) is 6.92 Å². The molecule has 8 heteroatoms. The number of aliphatic hydroxyl groups is 1. The lowest BCUT2D eigenvalue weighted by atomic mass is 10.2. The van der Waals surface area contributed by atoms with E-state index < -0.39 is 11.0 Å². The average molecular weight is 273 g/mol. The largest absolute Gasteiger partial charge is 0.391 e. The molecule has 1 aliphatic rings. The molecule has 1 atom stereocenters. The Morgan fingerprint density at radius 3 is 2.83 bits per heavy atom. The van der Waals surface area contributed by atoms with Gasteiger partial charge in [0.1, 0.15) is 5.69 Å². The van der Waals surface area contributed by atoms with E-state index in [2.05, 4.69) is 15.3 Å². The molecule has 0 aliphatic heterocycles. The molecule has 1 unspecified atom stereocenters. The number of aromatic nitrogens is 2. The Hall–Kier alpha value is -1.47. The number of nitro groups is 1. The zero-order valence-electron chi connectivity index (χ0n) is 9.76. The Bertz CT molecular complexity index is 478. The molecule has 0 spiro atoms. The molecule has 7 nitrogen and oxygen atoms in total. The molecule has 2 N–H and O–H groups in total. The monoisotopic (exact) mass is 272 g/mol. The van der Waals surface area contributed by atoms with Crippen LogP contribution >= 0.6 is 11.6 Å². The molecule has 1 aromatic rings. The van der Waals surface area contributed by atoms with Crippen molar-refractivity contribution in [2.45, 2.75) is 25.9 Å². The molecule has 1 fully saturated rings. The molecule has 1 aromatic heterocycles. The van der Waals surface area contributed by atoms with Crippen LogP contribution in [0.3, 0.4) is 0 Å². The summed E-state index contributed by atoms with van der Waals surface area (Å²) >= 11 is 5.67. The summed E-state index contributed by atoms with van der Waals surface area (Å²) in [5.74, 6) is 0.340. The van der Waals surface area contributed by atoms with Crippen molar-refractivity contribution in [2.75, 3.05) is 11.9 Å². The summed E-state index contributed by atoms with van der Waals surface area (Å²) in [6.45, 7) is 1.71. The van der Waals surface area contributed by atoms with Crippen LogP contribution < -0.4 is 5.32 Å². The van der Waals surface area contributed by atoms with Gasteiger partial charge in [-0.2, -0.15) is 4.98 Å². The van der Waals surface area contributed by atoms with Crippen LogP contribution in [0, 0.1) is 23.0 Å². The van der Waals surface area contributed by atoms with Crippen molar-refractivity contribution in [3.8, 4) is 0 Å². The van der Waals surface area contributed by atoms with E-state index in [4.69, 9.17) is 11.6 Å². The van der Waals surface area contributed by atoms with Crippen molar-refractivity contribution in [1.82, 2.24) is 9.97 Å². The van der Waals surface area contributed by atoms with Crippen molar-refractivity contribution in [1.29, 1.82) is 0 Å². The molecule has 0 amide bonds. The molecule has 2 rings (SSSR count). The minimum Gasteiger partial charge on any atom is -0.391 e. The molecule has 0 aromatic carbocycles. The summed E-state index contributed by atoms with van der Waals surface area (Å²) in [6, 6.07) is 0. The standard InChI is InChI=1S/C10H13ClN4O3/c1-5-8(15(17)18)9(14-10(11)13-5)12-4-7(16)6-2-3-6/h6-7,16H,2-4H2,1H3,(H,12,13,14). The molecular weight excluding hydrogens is 260 g/mol. The molecule has 98 valence electrons. The highest BCUT2D eigenvalue weighted by molar-refractivity contribution is 6.28. The van der Waals surface area contributed by atoms with Gasteiger partial charge in [-0.3, -0.25) is 10.1 Å². The molecule has 0 radical (unpaired) electrons. The molecule has 1 saturated carbocycles. The van der Waals surface area contributed by atoms with E-state index in [0.29, 0.717) is 0 Å². The van der Waals surface area contributed by atoms with E-state index in [1.54, 1.807) is 0 Å². The third-order valence-electron chi connectivity index (χ3n) is 2.86. The Labute approximate surface area is 108 Å². The van der Waals surface area contributed by atoms with Crippen molar-refractivity contribution >= 4 is 23.1 Å². The zero-order valence-corrected chi connectivity index (χ0v) is 10.5. The van der Waals surface area contributed by atoms with Crippen LogP contribution in [0.1, 0.15) is 18.5 Å². The van der Waals surface area contributed by atoms with Gasteiger partial charge in [-0.05, 0) is 37.3 Å². The van der Waals surface area contributed by atoms with Gasteiger partial charge in [-0.15, -0.1) is 0 Å². The maximum Gasteiger partial charge on any atom is 0.332 e. The minimum atomic E-state index is -0.558. The number of aliphatic hydroxyl groups excluding tert-OH is 1. The van der Waals surface area contributed by atoms with Crippen molar-refractivity contribution in [3.05, 3.63) is 21.1 Å². The second-order valence-electron chi connectivity index (χ2n) is 4.32. The van der Waals surface area contributed by atoms with Crippen LogP contribution in [0.15, 0.2) is 0 Å². The summed E-state index contributed by atoms with van der Waals surface area (Å²) < 4.78 is 0. The van der Waals surface area contributed by atoms with Gasteiger partial charge in [0.25, 0.3) is 0 Å². The summed E-state index contributed by atoms with van der Waals surface area (Å²) in [6.07, 6.45) is 1.47. The summed E-state index contributed by atoms with van der Waals surface area (Å²) in [5.41, 5.74) is -0.00851. The first kappa shape index (κ1) is 13.0. The quantitative estimate of drug-likeness (QED) is 0.479.